The zero-order valence-corrected chi connectivity index (χ0v) is 26.5. The number of halogens is 8. The molecule has 7 nitrogen and oxygen atoms in total. The molecule has 2 heterocycles. The monoisotopic (exact) mass is 710 g/mol. The second-order valence-electron chi connectivity index (χ2n) is 13.2. The molecule has 1 saturated heterocycles. The number of aliphatic carboxylic acids is 1. The summed E-state index contributed by atoms with van der Waals surface area (Å²) >= 11 is 6.00. The van der Waals surface area contributed by atoms with Crippen molar-refractivity contribution in [1.82, 2.24) is 4.90 Å². The van der Waals surface area contributed by atoms with Gasteiger partial charge in [0.15, 0.2) is 9.84 Å². The molecule has 0 radical (unpaired) electrons. The molecule has 0 spiro atoms. The number of carbonyl (C=O) groups is 2. The van der Waals surface area contributed by atoms with Crippen molar-refractivity contribution in [2.24, 2.45) is 10.8 Å². The lowest BCUT2D eigenvalue weighted by atomic mass is 9.53. The Morgan fingerprint density at radius 2 is 1.38 bits per heavy atom. The third kappa shape index (κ3) is 4.54. The van der Waals surface area contributed by atoms with Crippen molar-refractivity contribution in [2.45, 2.75) is 78.7 Å². The Kier molecular flexibility index (Phi) is 7.53. The minimum absolute atomic E-state index is 0.102. The van der Waals surface area contributed by atoms with Gasteiger partial charge in [0.2, 0.25) is 5.91 Å². The van der Waals surface area contributed by atoms with Crippen LogP contribution >= 0.6 is 11.6 Å². The lowest BCUT2D eigenvalue weighted by Gasteiger charge is -2.53. The predicted molar refractivity (Wildman–Crippen MR) is 155 cm³/mol. The average molecular weight is 711 g/mol. The number of carboxylic acids is 1. The van der Waals surface area contributed by atoms with E-state index < -0.39 is 61.0 Å². The highest BCUT2D eigenvalue weighted by atomic mass is 35.5. The second kappa shape index (κ2) is 10.5. The van der Waals surface area contributed by atoms with Crippen LogP contribution in [0.4, 0.5) is 36.4 Å². The van der Waals surface area contributed by atoms with E-state index in [1.807, 2.05) is 0 Å². The van der Waals surface area contributed by atoms with Crippen LogP contribution in [0.2, 0.25) is 5.02 Å². The van der Waals surface area contributed by atoms with E-state index in [9.17, 15) is 49.5 Å². The molecule has 256 valence electrons. The molecule has 47 heavy (non-hydrogen) atoms. The van der Waals surface area contributed by atoms with Crippen molar-refractivity contribution in [3.63, 3.8) is 0 Å². The van der Waals surface area contributed by atoms with Crippen LogP contribution in [0.25, 0.3) is 0 Å². The molecule has 16 heteroatoms. The molecule has 2 aliphatic heterocycles. The Labute approximate surface area is 270 Å². The van der Waals surface area contributed by atoms with Crippen molar-refractivity contribution < 1.29 is 53.8 Å². The van der Waals surface area contributed by atoms with E-state index in [4.69, 9.17) is 11.6 Å². The standard InChI is InChI=1S/C31H30ClF7N2O5S/c1-40-17-23-28(47(45,46)20-5-3-19(32)4-6-20,21-7-2-18(16-22(21)40)29(33,30(34,35)36)31(37,38)39)14-15-41(23)24(42)26-8-11-27(12-9-26,13-10-26)25(43)44/h2-7,16,23H,8-15,17H2,1H3,(H,43,44). The molecule has 7 rings (SSSR count). The zero-order valence-electron chi connectivity index (χ0n) is 24.9. The molecule has 2 aromatic carbocycles. The molecule has 1 N–H and O–H groups in total. The Hall–Kier alpha value is -3.07. The molecule has 2 aromatic rings. The Morgan fingerprint density at radius 1 is 0.851 bits per heavy atom. The predicted octanol–water partition coefficient (Wildman–Crippen LogP) is 6.77. The van der Waals surface area contributed by atoms with Crippen LogP contribution in [-0.2, 0) is 29.8 Å². The molecule has 2 atom stereocenters. The maximum absolute atomic E-state index is 15.2. The summed E-state index contributed by atoms with van der Waals surface area (Å²) in [6.45, 7) is -0.406. The fourth-order valence-corrected chi connectivity index (χ4v) is 10.8. The van der Waals surface area contributed by atoms with Gasteiger partial charge in [-0.15, -0.1) is 0 Å². The molecule has 3 aliphatic carbocycles. The fourth-order valence-electron chi connectivity index (χ4n) is 8.34. The number of carbonyl (C=O) groups excluding carboxylic acids is 1. The highest BCUT2D eigenvalue weighted by Crippen LogP contribution is 2.61. The second-order valence-corrected chi connectivity index (χ2v) is 15.9. The van der Waals surface area contributed by atoms with Gasteiger partial charge in [-0.25, -0.2) is 12.8 Å². The Balaban J connectivity index is 1.50. The molecular weight excluding hydrogens is 681 g/mol. The number of likely N-dealkylation sites (N-methyl/N-ethyl adjacent to an activating group) is 1. The summed E-state index contributed by atoms with van der Waals surface area (Å²) < 4.78 is 125. The molecule has 3 saturated carbocycles. The van der Waals surface area contributed by atoms with Crippen LogP contribution in [0.3, 0.4) is 0 Å². The van der Waals surface area contributed by atoms with Gasteiger partial charge in [-0.2, -0.15) is 26.3 Å². The number of nitrogens with zero attached hydrogens (tertiary/aromatic N) is 2. The number of likely N-dealkylation sites (tertiary alicyclic amines) is 1. The number of anilines is 1. The minimum atomic E-state index is -6.38. The average Bonchev–Trinajstić information content (AvgIpc) is 3.41. The highest BCUT2D eigenvalue weighted by Gasteiger charge is 2.74. The molecule has 0 aromatic heterocycles. The van der Waals surface area contributed by atoms with Crippen molar-refractivity contribution >= 4 is 39.0 Å². The summed E-state index contributed by atoms with van der Waals surface area (Å²) in [5.74, 6) is -1.29. The van der Waals surface area contributed by atoms with Crippen LogP contribution in [-0.4, -0.2) is 68.8 Å². The van der Waals surface area contributed by atoms with Gasteiger partial charge in [-0.05, 0) is 80.8 Å². The van der Waals surface area contributed by atoms with Crippen molar-refractivity contribution in [3.8, 4) is 0 Å². The first-order chi connectivity index (χ1) is 21.7. The highest BCUT2D eigenvalue weighted by molar-refractivity contribution is 7.92. The number of benzene rings is 2. The molecule has 2 unspecified atom stereocenters. The van der Waals surface area contributed by atoms with Crippen LogP contribution < -0.4 is 4.90 Å². The molecular formula is C31H30ClF7N2O5S. The largest absolute Gasteiger partial charge is 0.481 e. The number of hydrogen-bond donors (Lipinski definition) is 1. The van der Waals surface area contributed by atoms with E-state index in [1.165, 1.54) is 41.1 Å². The van der Waals surface area contributed by atoms with E-state index in [1.54, 1.807) is 0 Å². The third-order valence-corrected chi connectivity index (χ3v) is 13.9. The molecule has 4 fully saturated rings. The lowest BCUT2D eigenvalue weighted by molar-refractivity contribution is -0.348. The summed E-state index contributed by atoms with van der Waals surface area (Å²) in [5, 5.41) is 10.0. The number of hydrogen-bond acceptors (Lipinski definition) is 5. The SMILES string of the molecule is CN1CC2N(C(=O)C34CCC(C(=O)O)(CC3)CC4)CCC2(S(=O)(=O)c2ccc(Cl)cc2)c2ccc(C(F)(C(F)(F)F)C(F)(F)F)cc21. The van der Waals surface area contributed by atoms with Crippen LogP contribution in [0, 0.1) is 10.8 Å². The summed E-state index contributed by atoms with van der Waals surface area (Å²) in [6.07, 6.45) is -11.3. The number of rotatable bonds is 5. The molecule has 2 bridgehead atoms. The fraction of sp³-hybridized carbons (Fsp3) is 0.548. The van der Waals surface area contributed by atoms with Crippen LogP contribution in [0.1, 0.15) is 56.1 Å². The Morgan fingerprint density at radius 3 is 1.89 bits per heavy atom. The van der Waals surface area contributed by atoms with Crippen molar-refractivity contribution in [3.05, 3.63) is 58.6 Å². The maximum atomic E-state index is 15.2. The van der Waals surface area contributed by atoms with Gasteiger partial charge in [0.1, 0.15) is 4.75 Å². The summed E-state index contributed by atoms with van der Waals surface area (Å²) in [5.41, 5.74) is -9.86. The number of alkyl halides is 7. The van der Waals surface area contributed by atoms with Crippen molar-refractivity contribution in [1.29, 1.82) is 0 Å². The first kappa shape index (κ1) is 33.8. The smallest absolute Gasteiger partial charge is 0.435 e. The van der Waals surface area contributed by atoms with E-state index in [2.05, 4.69) is 0 Å². The first-order valence-corrected chi connectivity index (χ1v) is 16.8. The Bertz CT molecular complexity index is 1710. The summed E-state index contributed by atoms with van der Waals surface area (Å²) in [7, 11) is -3.23. The number of sulfone groups is 1. The van der Waals surface area contributed by atoms with Gasteiger partial charge in [0.05, 0.1) is 16.4 Å². The van der Waals surface area contributed by atoms with Crippen molar-refractivity contribution in [2.75, 3.05) is 25.0 Å². The van der Waals surface area contributed by atoms with E-state index in [0.717, 1.165) is 6.07 Å². The first-order valence-electron chi connectivity index (χ1n) is 14.9. The topological polar surface area (TPSA) is 95.0 Å². The van der Waals surface area contributed by atoms with Gasteiger partial charge < -0.3 is 14.9 Å². The van der Waals surface area contributed by atoms with Gasteiger partial charge in [-0.3, -0.25) is 9.59 Å². The van der Waals surface area contributed by atoms with Gasteiger partial charge in [0.25, 0.3) is 0 Å². The molecule has 1 amide bonds. The van der Waals surface area contributed by atoms with Crippen LogP contribution in [0.5, 0.6) is 0 Å². The lowest BCUT2D eigenvalue weighted by Crippen LogP contribution is -2.61. The summed E-state index contributed by atoms with van der Waals surface area (Å²) in [4.78, 5) is 28.9. The maximum Gasteiger partial charge on any atom is 0.435 e. The number of fused-ring (bicyclic) bond motifs is 6. The molecule has 5 aliphatic rings. The number of amides is 1. The number of carboxylic acid groups (broad SMARTS) is 1. The van der Waals surface area contributed by atoms with E-state index in [0.29, 0.717) is 12.1 Å². The zero-order chi connectivity index (χ0) is 34.6. The third-order valence-electron chi connectivity index (χ3n) is 11.1. The summed E-state index contributed by atoms with van der Waals surface area (Å²) in [6, 6.07) is 5.45. The van der Waals surface area contributed by atoms with Crippen LogP contribution in [0.15, 0.2) is 47.4 Å². The van der Waals surface area contributed by atoms with Gasteiger partial charge in [-0.1, -0.05) is 23.7 Å². The normalized spacial score (nSPS) is 29.4. The van der Waals surface area contributed by atoms with E-state index >= 15 is 4.39 Å². The van der Waals surface area contributed by atoms with Gasteiger partial charge >= 0.3 is 24.0 Å². The quantitative estimate of drug-likeness (QED) is 0.344. The van der Waals surface area contributed by atoms with E-state index in [-0.39, 0.29) is 85.1 Å². The minimum Gasteiger partial charge on any atom is -0.481 e. The van der Waals surface area contributed by atoms with Gasteiger partial charge in [0, 0.05) is 41.8 Å².